The minimum Gasteiger partial charge on any atom is -0.495 e. The molecule has 1 fully saturated rings. The third-order valence-electron chi connectivity index (χ3n) is 6.99. The standard InChI is InChI=1S/C24H28N4O8S2/c1-25-18-17(19-21(37(3,31)32)22(20(18)36-19)38(4,33)34)23(29)28(24(25)30)14-11-26-9-12-27(13-10-26)15-7-5-6-8-16(15)35-2/h5-8H,9-14H2,1-4H3. The van der Waals surface area contributed by atoms with Crippen molar-refractivity contribution in [3.05, 3.63) is 45.1 Å². The number of aryl methyl sites for hydroxylation is 1. The predicted molar refractivity (Wildman–Crippen MR) is 142 cm³/mol. The lowest BCUT2D eigenvalue weighted by atomic mass is 10.2. The van der Waals surface area contributed by atoms with E-state index in [2.05, 4.69) is 9.80 Å². The molecule has 0 radical (unpaired) electrons. The number of methoxy groups -OCH3 is 1. The van der Waals surface area contributed by atoms with Gasteiger partial charge in [-0.3, -0.25) is 18.8 Å². The molecule has 0 saturated carbocycles. The number of furan rings is 2. The molecule has 4 aromatic rings. The van der Waals surface area contributed by atoms with Gasteiger partial charge in [0.25, 0.3) is 5.56 Å². The van der Waals surface area contributed by atoms with Crippen molar-refractivity contribution in [2.75, 3.05) is 57.2 Å². The minimum atomic E-state index is -4.06. The Hall–Kier alpha value is -3.36. The molecule has 0 unspecified atom stereocenters. The van der Waals surface area contributed by atoms with E-state index in [4.69, 9.17) is 9.15 Å². The third kappa shape index (κ3) is 4.16. The number of sulfone groups is 2. The normalized spacial score (nSPS) is 15.6. The van der Waals surface area contributed by atoms with E-state index in [1.165, 1.54) is 7.05 Å². The molecule has 4 heterocycles. The van der Waals surface area contributed by atoms with E-state index < -0.39 is 40.7 Å². The van der Waals surface area contributed by atoms with Crippen molar-refractivity contribution < 1.29 is 26.0 Å². The van der Waals surface area contributed by atoms with Crippen molar-refractivity contribution in [3.63, 3.8) is 0 Å². The average Bonchev–Trinajstić information content (AvgIpc) is 3.45. The molecule has 0 aliphatic carbocycles. The van der Waals surface area contributed by atoms with Gasteiger partial charge in [-0.25, -0.2) is 21.6 Å². The minimum absolute atomic E-state index is 0.0236. The summed E-state index contributed by atoms with van der Waals surface area (Å²) in [4.78, 5) is 29.9. The molecule has 1 aromatic carbocycles. The van der Waals surface area contributed by atoms with Crippen molar-refractivity contribution in [2.24, 2.45) is 7.05 Å². The highest BCUT2D eigenvalue weighted by Gasteiger charge is 2.37. The number of piperazine rings is 1. The van der Waals surface area contributed by atoms with E-state index in [0.29, 0.717) is 19.6 Å². The number of nitrogens with zero attached hydrogens (tertiary/aromatic N) is 4. The van der Waals surface area contributed by atoms with Crippen LogP contribution in [0.15, 0.2) is 48.1 Å². The van der Waals surface area contributed by atoms with Crippen LogP contribution in [0.2, 0.25) is 0 Å². The number of hydrogen-bond donors (Lipinski definition) is 0. The molecule has 3 aromatic heterocycles. The highest BCUT2D eigenvalue weighted by Crippen LogP contribution is 2.41. The van der Waals surface area contributed by atoms with Gasteiger partial charge in [0.2, 0.25) is 0 Å². The smallest absolute Gasteiger partial charge is 0.331 e. The topological polar surface area (TPSA) is 141 Å². The first-order valence-corrected chi connectivity index (χ1v) is 15.6. The van der Waals surface area contributed by atoms with Crippen LogP contribution >= 0.6 is 0 Å². The molecule has 12 nitrogen and oxygen atoms in total. The molecule has 5 rings (SSSR count). The molecule has 1 saturated heterocycles. The third-order valence-corrected chi connectivity index (χ3v) is 9.38. The molecule has 0 spiro atoms. The summed E-state index contributed by atoms with van der Waals surface area (Å²) in [5.41, 5.74) is -1.00. The Labute approximate surface area is 218 Å². The van der Waals surface area contributed by atoms with Gasteiger partial charge in [-0.15, -0.1) is 0 Å². The van der Waals surface area contributed by atoms with Gasteiger partial charge in [0.15, 0.2) is 30.8 Å². The first-order valence-electron chi connectivity index (χ1n) is 11.9. The van der Waals surface area contributed by atoms with Gasteiger partial charge in [-0.2, -0.15) is 0 Å². The van der Waals surface area contributed by atoms with Crippen LogP contribution in [0.5, 0.6) is 5.75 Å². The van der Waals surface area contributed by atoms with Gasteiger partial charge in [-0.1, -0.05) is 12.1 Å². The first kappa shape index (κ1) is 26.3. The van der Waals surface area contributed by atoms with Gasteiger partial charge in [0.1, 0.15) is 26.4 Å². The molecule has 0 atom stereocenters. The first-order chi connectivity index (χ1) is 17.8. The van der Waals surface area contributed by atoms with E-state index in [1.807, 2.05) is 24.3 Å². The van der Waals surface area contributed by atoms with Crippen LogP contribution in [0.4, 0.5) is 5.69 Å². The number of rotatable bonds is 7. The molecular formula is C24H28N4O8S2. The summed E-state index contributed by atoms with van der Waals surface area (Å²) in [6.07, 6.45) is 1.72. The zero-order valence-electron chi connectivity index (χ0n) is 21.4. The zero-order chi connectivity index (χ0) is 27.6. The quantitative estimate of drug-likeness (QED) is 0.312. The lowest BCUT2D eigenvalue weighted by Gasteiger charge is -2.36. The Bertz CT molecular complexity index is 1880. The fourth-order valence-electron chi connectivity index (χ4n) is 5.18. The van der Waals surface area contributed by atoms with Crippen LogP contribution in [0.25, 0.3) is 22.1 Å². The molecule has 1 aliphatic heterocycles. The van der Waals surface area contributed by atoms with Crippen LogP contribution in [0, 0.1) is 0 Å². The van der Waals surface area contributed by atoms with Crippen molar-refractivity contribution in [1.82, 2.24) is 14.0 Å². The summed E-state index contributed by atoms with van der Waals surface area (Å²) in [6.45, 7) is 3.37. The van der Waals surface area contributed by atoms with Crippen LogP contribution < -0.4 is 20.9 Å². The number of anilines is 1. The average molecular weight is 565 g/mol. The fraction of sp³-hybridized carbons (Fsp3) is 0.417. The number of aromatic nitrogens is 2. The molecule has 38 heavy (non-hydrogen) atoms. The van der Waals surface area contributed by atoms with Crippen molar-refractivity contribution >= 4 is 47.4 Å². The summed E-state index contributed by atoms with van der Waals surface area (Å²) in [7, 11) is -5.07. The highest BCUT2D eigenvalue weighted by atomic mass is 32.2. The molecule has 14 heteroatoms. The van der Waals surface area contributed by atoms with E-state index in [1.54, 1.807) is 7.11 Å². The summed E-state index contributed by atoms with van der Waals surface area (Å²) in [6, 6.07) is 7.78. The van der Waals surface area contributed by atoms with Gasteiger partial charge in [0.05, 0.1) is 12.8 Å². The fourth-order valence-corrected chi connectivity index (χ4v) is 7.90. The summed E-state index contributed by atoms with van der Waals surface area (Å²) < 4.78 is 63.1. The van der Waals surface area contributed by atoms with Crippen LogP contribution in [-0.4, -0.2) is 83.2 Å². The monoisotopic (exact) mass is 564 g/mol. The number of fused-ring (bicyclic) bond motifs is 5. The maximum absolute atomic E-state index is 13.5. The summed E-state index contributed by atoms with van der Waals surface area (Å²) in [5.74, 6) is 0.794. The number of benzene rings is 2. The molecule has 0 N–H and O–H groups in total. The number of ether oxygens (including phenoxy) is 1. The molecule has 1 aliphatic rings. The Morgan fingerprint density at radius 1 is 0.895 bits per heavy atom. The van der Waals surface area contributed by atoms with Crippen molar-refractivity contribution in [3.8, 4) is 5.75 Å². The second-order valence-corrected chi connectivity index (χ2v) is 13.4. The van der Waals surface area contributed by atoms with E-state index in [-0.39, 0.29) is 28.6 Å². The van der Waals surface area contributed by atoms with E-state index in [9.17, 15) is 26.4 Å². The zero-order valence-corrected chi connectivity index (χ0v) is 23.1. The summed E-state index contributed by atoms with van der Waals surface area (Å²) in [5, 5.41) is -0.115. The second-order valence-electron chi connectivity index (χ2n) is 9.49. The van der Waals surface area contributed by atoms with E-state index >= 15 is 0 Å². The molecule has 204 valence electrons. The Morgan fingerprint density at radius 3 is 2.11 bits per heavy atom. The number of hydrogen-bond acceptors (Lipinski definition) is 10. The largest absolute Gasteiger partial charge is 0.495 e. The van der Waals surface area contributed by atoms with Crippen LogP contribution in [0.3, 0.4) is 0 Å². The predicted octanol–water partition coefficient (Wildman–Crippen LogP) is 0.522. The highest BCUT2D eigenvalue weighted by molar-refractivity contribution is 7.94. The van der Waals surface area contributed by atoms with E-state index in [0.717, 1.165) is 46.2 Å². The number of para-hydroxylation sites is 2. The maximum Gasteiger partial charge on any atom is 0.331 e. The molecule has 2 bridgehead atoms. The van der Waals surface area contributed by atoms with Gasteiger partial charge in [-0.05, 0) is 12.1 Å². The van der Waals surface area contributed by atoms with Gasteiger partial charge < -0.3 is 14.1 Å². The molecule has 0 amide bonds. The van der Waals surface area contributed by atoms with Crippen molar-refractivity contribution in [1.29, 1.82) is 0 Å². The SMILES string of the molecule is COc1ccccc1N1CCN(CCn2c(=O)c3c4oc(c(S(C)(=O)=O)c4S(C)(=O)=O)c3n(C)c2=O)CC1. The lowest BCUT2D eigenvalue weighted by Crippen LogP contribution is -2.49. The van der Waals surface area contributed by atoms with Crippen LogP contribution in [-0.2, 0) is 33.3 Å². The lowest BCUT2D eigenvalue weighted by molar-refractivity contribution is 0.245. The van der Waals surface area contributed by atoms with Gasteiger partial charge >= 0.3 is 5.69 Å². The maximum atomic E-state index is 13.5. The summed E-state index contributed by atoms with van der Waals surface area (Å²) >= 11 is 0. The Balaban J connectivity index is 1.46. The van der Waals surface area contributed by atoms with Crippen molar-refractivity contribution in [2.45, 2.75) is 16.3 Å². The Morgan fingerprint density at radius 2 is 1.50 bits per heavy atom. The second kappa shape index (κ2) is 9.13. The van der Waals surface area contributed by atoms with Crippen LogP contribution in [0.1, 0.15) is 0 Å². The Kier molecular flexibility index (Phi) is 6.31. The molecular weight excluding hydrogens is 536 g/mol. The van der Waals surface area contributed by atoms with Gasteiger partial charge in [0, 0.05) is 58.8 Å².